The number of anilines is 1. The molecule has 30 heavy (non-hydrogen) atoms. The monoisotopic (exact) mass is 401 g/mol. The molecule has 0 unspecified atom stereocenters. The van der Waals surface area contributed by atoms with Crippen LogP contribution in [0.5, 0.6) is 17.2 Å². The van der Waals surface area contributed by atoms with Crippen molar-refractivity contribution in [3.63, 3.8) is 0 Å². The topological polar surface area (TPSA) is 86.5 Å². The number of carbonyl (C=O) groups excluding carboxylic acids is 1. The highest BCUT2D eigenvalue weighted by atomic mass is 16.5. The normalized spacial score (nSPS) is 10.4. The molecule has 3 aromatic carbocycles. The Balaban J connectivity index is 1.32. The third kappa shape index (κ3) is 5.02. The second kappa shape index (κ2) is 8.91. The molecular weight excluding hydrogens is 382 g/mol. The summed E-state index contributed by atoms with van der Waals surface area (Å²) in [5, 5.41) is 6.63. The van der Waals surface area contributed by atoms with Gasteiger partial charge < -0.3 is 19.3 Å². The van der Waals surface area contributed by atoms with Gasteiger partial charge in [-0.25, -0.2) is 0 Å². The van der Waals surface area contributed by atoms with Crippen molar-refractivity contribution in [1.82, 2.24) is 10.1 Å². The Kier molecular flexibility index (Phi) is 5.70. The van der Waals surface area contributed by atoms with Gasteiger partial charge in [-0.2, -0.15) is 4.98 Å². The van der Waals surface area contributed by atoms with Gasteiger partial charge in [0.2, 0.25) is 11.7 Å². The molecular formula is C23H19N3O4. The minimum absolute atomic E-state index is 0.195. The van der Waals surface area contributed by atoms with Crippen LogP contribution in [0.1, 0.15) is 22.1 Å². The number of benzene rings is 3. The predicted molar refractivity (Wildman–Crippen MR) is 111 cm³/mol. The number of amides is 1. The Bertz CT molecular complexity index is 1110. The lowest BCUT2D eigenvalue weighted by Gasteiger charge is -2.09. The Hall–Kier alpha value is -4.13. The predicted octanol–water partition coefficient (Wildman–Crippen LogP) is 5.00. The lowest BCUT2D eigenvalue weighted by atomic mass is 10.2. The summed E-state index contributed by atoms with van der Waals surface area (Å²) < 4.78 is 16.2. The molecule has 1 amide bonds. The van der Waals surface area contributed by atoms with Crippen LogP contribution in [-0.2, 0) is 6.61 Å². The molecule has 1 aromatic heterocycles. The molecule has 0 saturated carbocycles. The fourth-order valence-corrected chi connectivity index (χ4v) is 2.68. The highest BCUT2D eigenvalue weighted by molar-refractivity contribution is 6.04. The summed E-state index contributed by atoms with van der Waals surface area (Å²) >= 11 is 0. The zero-order valence-corrected chi connectivity index (χ0v) is 16.2. The van der Waals surface area contributed by atoms with E-state index in [9.17, 15) is 4.79 Å². The van der Waals surface area contributed by atoms with Gasteiger partial charge in [-0.3, -0.25) is 4.79 Å². The summed E-state index contributed by atoms with van der Waals surface area (Å²) in [5.41, 5.74) is 1.19. The van der Waals surface area contributed by atoms with E-state index in [-0.39, 0.29) is 12.5 Å². The molecule has 7 nitrogen and oxygen atoms in total. The van der Waals surface area contributed by atoms with Gasteiger partial charge in [0, 0.05) is 18.2 Å². The molecule has 0 spiro atoms. The highest BCUT2D eigenvalue weighted by Crippen LogP contribution is 2.23. The van der Waals surface area contributed by atoms with E-state index in [0.29, 0.717) is 34.5 Å². The van der Waals surface area contributed by atoms with E-state index in [4.69, 9.17) is 14.0 Å². The lowest BCUT2D eigenvalue weighted by molar-refractivity contribution is 0.102. The van der Waals surface area contributed by atoms with Gasteiger partial charge in [0.25, 0.3) is 5.91 Å². The van der Waals surface area contributed by atoms with Gasteiger partial charge in [0.15, 0.2) is 6.61 Å². The fourth-order valence-electron chi connectivity index (χ4n) is 2.68. The first kappa shape index (κ1) is 19.2. The zero-order chi connectivity index (χ0) is 20.8. The van der Waals surface area contributed by atoms with E-state index < -0.39 is 0 Å². The minimum Gasteiger partial charge on any atom is -0.485 e. The number of para-hydroxylation sites is 1. The Morgan fingerprint density at radius 3 is 2.23 bits per heavy atom. The van der Waals surface area contributed by atoms with E-state index in [0.717, 1.165) is 5.75 Å². The van der Waals surface area contributed by atoms with E-state index >= 15 is 0 Å². The Morgan fingerprint density at radius 1 is 0.900 bits per heavy atom. The molecule has 4 rings (SSSR count). The van der Waals surface area contributed by atoms with Crippen LogP contribution in [0.15, 0.2) is 83.4 Å². The Labute approximate surface area is 173 Å². The first-order valence-electron chi connectivity index (χ1n) is 9.32. The number of carbonyl (C=O) groups is 1. The first-order valence-corrected chi connectivity index (χ1v) is 9.32. The van der Waals surface area contributed by atoms with Crippen molar-refractivity contribution in [3.8, 4) is 17.2 Å². The zero-order valence-electron chi connectivity index (χ0n) is 16.2. The summed E-state index contributed by atoms with van der Waals surface area (Å²) in [7, 11) is 0. The van der Waals surface area contributed by atoms with E-state index in [1.807, 2.05) is 30.3 Å². The molecule has 0 aliphatic heterocycles. The smallest absolute Gasteiger partial charge is 0.255 e. The molecule has 0 aliphatic carbocycles. The van der Waals surface area contributed by atoms with Crippen LogP contribution < -0.4 is 14.8 Å². The van der Waals surface area contributed by atoms with Crippen molar-refractivity contribution in [1.29, 1.82) is 0 Å². The standard InChI is InChI=1S/C23H19N3O4/c1-16-24-22(26-30-16)15-28-19-11-7-17(8-12-19)23(27)25-18-9-13-21(14-10-18)29-20-5-3-2-4-6-20/h2-14H,15H2,1H3,(H,25,27). The van der Waals surface area contributed by atoms with Crippen molar-refractivity contribution in [3.05, 3.63) is 96.1 Å². The third-order valence-corrected chi connectivity index (χ3v) is 4.15. The van der Waals surface area contributed by atoms with E-state index in [1.54, 1.807) is 55.5 Å². The van der Waals surface area contributed by atoms with Crippen LogP contribution >= 0.6 is 0 Å². The average Bonchev–Trinajstić information content (AvgIpc) is 3.20. The quantitative estimate of drug-likeness (QED) is 0.469. The number of aromatic nitrogens is 2. The van der Waals surface area contributed by atoms with Crippen molar-refractivity contribution in [2.45, 2.75) is 13.5 Å². The van der Waals surface area contributed by atoms with Crippen molar-refractivity contribution < 1.29 is 18.8 Å². The van der Waals surface area contributed by atoms with Crippen molar-refractivity contribution in [2.24, 2.45) is 0 Å². The molecule has 7 heteroatoms. The number of nitrogens with one attached hydrogen (secondary N) is 1. The van der Waals surface area contributed by atoms with Crippen molar-refractivity contribution in [2.75, 3.05) is 5.32 Å². The Morgan fingerprint density at radius 2 is 1.57 bits per heavy atom. The maximum atomic E-state index is 12.5. The number of nitrogens with zero attached hydrogens (tertiary/aromatic N) is 2. The minimum atomic E-state index is -0.216. The van der Waals surface area contributed by atoms with Crippen molar-refractivity contribution >= 4 is 11.6 Å². The number of ether oxygens (including phenoxy) is 2. The van der Waals surface area contributed by atoms with E-state index in [2.05, 4.69) is 15.5 Å². The number of rotatable bonds is 7. The van der Waals surface area contributed by atoms with Crippen LogP contribution in [0, 0.1) is 6.92 Å². The number of hydrogen-bond donors (Lipinski definition) is 1. The number of aryl methyl sites for hydroxylation is 1. The molecule has 4 aromatic rings. The summed E-state index contributed by atoms with van der Waals surface area (Å²) in [5.74, 6) is 2.79. The van der Waals surface area contributed by atoms with E-state index in [1.165, 1.54) is 0 Å². The molecule has 1 N–H and O–H groups in total. The third-order valence-electron chi connectivity index (χ3n) is 4.15. The summed E-state index contributed by atoms with van der Waals surface area (Å²) in [6.45, 7) is 1.91. The van der Waals surface area contributed by atoms with Gasteiger partial charge in [0.1, 0.15) is 17.2 Å². The second-order valence-electron chi connectivity index (χ2n) is 6.44. The molecule has 0 saturated heterocycles. The van der Waals surface area contributed by atoms with Gasteiger partial charge >= 0.3 is 0 Å². The summed E-state index contributed by atoms with van der Waals surface area (Å²) in [4.78, 5) is 16.5. The van der Waals surface area contributed by atoms with Crippen LogP contribution in [-0.4, -0.2) is 16.0 Å². The summed E-state index contributed by atoms with van der Waals surface area (Å²) in [6, 6.07) is 23.5. The van der Waals surface area contributed by atoms with Crippen LogP contribution in [0.2, 0.25) is 0 Å². The lowest BCUT2D eigenvalue weighted by Crippen LogP contribution is -2.11. The van der Waals surface area contributed by atoms with Gasteiger partial charge in [-0.1, -0.05) is 23.4 Å². The molecule has 0 atom stereocenters. The average molecular weight is 401 g/mol. The van der Waals surface area contributed by atoms with Crippen LogP contribution in [0.4, 0.5) is 5.69 Å². The SMILES string of the molecule is Cc1nc(COc2ccc(C(=O)Nc3ccc(Oc4ccccc4)cc3)cc2)no1. The molecule has 0 aliphatic rings. The van der Waals surface area contributed by atoms with Crippen LogP contribution in [0.3, 0.4) is 0 Å². The molecule has 0 bridgehead atoms. The van der Waals surface area contributed by atoms with Gasteiger partial charge in [-0.15, -0.1) is 0 Å². The van der Waals surface area contributed by atoms with Gasteiger partial charge in [-0.05, 0) is 60.7 Å². The molecule has 150 valence electrons. The largest absolute Gasteiger partial charge is 0.485 e. The fraction of sp³-hybridized carbons (Fsp3) is 0.0870. The molecule has 0 fully saturated rings. The van der Waals surface area contributed by atoms with Gasteiger partial charge in [0.05, 0.1) is 0 Å². The first-order chi connectivity index (χ1) is 14.7. The number of hydrogen-bond acceptors (Lipinski definition) is 6. The molecule has 0 radical (unpaired) electrons. The molecule has 1 heterocycles. The highest BCUT2D eigenvalue weighted by Gasteiger charge is 2.08. The van der Waals surface area contributed by atoms with Crippen LogP contribution in [0.25, 0.3) is 0 Å². The second-order valence-corrected chi connectivity index (χ2v) is 6.44. The maximum absolute atomic E-state index is 12.5. The maximum Gasteiger partial charge on any atom is 0.255 e. The summed E-state index contributed by atoms with van der Waals surface area (Å²) in [6.07, 6.45) is 0.